The second kappa shape index (κ2) is 11.2. The number of hydrogen-bond donors (Lipinski definition) is 2. The largest absolute Gasteiger partial charge is 0.334 e. The molecule has 2 N–H and O–H groups in total. The van der Waals surface area contributed by atoms with Gasteiger partial charge < -0.3 is 5.32 Å². The fourth-order valence-corrected chi connectivity index (χ4v) is 4.03. The number of carbonyl (C=O) groups excluding carboxylic acids is 2. The van der Waals surface area contributed by atoms with Crippen molar-refractivity contribution in [2.75, 3.05) is 5.75 Å². The molecular weight excluding hydrogens is 448 g/mol. The molecule has 0 spiro atoms. The van der Waals surface area contributed by atoms with Crippen LogP contribution >= 0.6 is 11.8 Å². The lowest BCUT2D eigenvalue weighted by Gasteiger charge is -2.11. The zero-order valence-corrected chi connectivity index (χ0v) is 19.5. The van der Waals surface area contributed by atoms with Crippen LogP contribution in [-0.2, 0) is 17.8 Å². The molecule has 0 fully saturated rings. The molecule has 0 radical (unpaired) electrons. The second-order valence-electron chi connectivity index (χ2n) is 7.40. The van der Waals surface area contributed by atoms with Gasteiger partial charge >= 0.3 is 6.03 Å². The van der Waals surface area contributed by atoms with Crippen LogP contribution in [0.15, 0.2) is 84.3 Å². The highest BCUT2D eigenvalue weighted by Gasteiger charge is 2.18. The fourth-order valence-electron chi connectivity index (χ4n) is 3.28. The molecule has 3 amide bonds. The molecule has 0 atom stereocenters. The molecule has 8 nitrogen and oxygen atoms in total. The van der Waals surface area contributed by atoms with Crippen LogP contribution in [0.3, 0.4) is 0 Å². The lowest BCUT2D eigenvalue weighted by atomic mass is 10.1. The molecule has 0 saturated heterocycles. The Bertz CT molecular complexity index is 1240. The predicted octanol–water partition coefficient (Wildman–Crippen LogP) is 4.01. The van der Waals surface area contributed by atoms with Crippen LogP contribution in [-0.4, -0.2) is 37.4 Å². The van der Waals surface area contributed by atoms with E-state index in [4.69, 9.17) is 0 Å². The number of thioether (sulfide) groups is 1. The van der Waals surface area contributed by atoms with Gasteiger partial charge in [-0.3, -0.25) is 19.7 Å². The average Bonchev–Trinajstić information content (AvgIpc) is 3.31. The van der Waals surface area contributed by atoms with Gasteiger partial charge in [0.2, 0.25) is 5.91 Å². The van der Waals surface area contributed by atoms with Crippen molar-refractivity contribution >= 4 is 23.7 Å². The maximum Gasteiger partial charge on any atom is 0.321 e. The zero-order valence-electron chi connectivity index (χ0n) is 18.6. The molecule has 0 aliphatic carbocycles. The lowest BCUT2D eigenvalue weighted by Crippen LogP contribution is -2.40. The Kier molecular flexibility index (Phi) is 7.67. The summed E-state index contributed by atoms with van der Waals surface area (Å²) < 4.78 is 1.90. The van der Waals surface area contributed by atoms with Crippen molar-refractivity contribution in [3.63, 3.8) is 0 Å². The van der Waals surface area contributed by atoms with Gasteiger partial charge in [-0.15, -0.1) is 10.2 Å². The Morgan fingerprint density at radius 1 is 0.912 bits per heavy atom. The number of aryl methyl sites for hydroxylation is 1. The molecule has 34 heavy (non-hydrogen) atoms. The summed E-state index contributed by atoms with van der Waals surface area (Å²) in [5, 5.41) is 14.3. The summed E-state index contributed by atoms with van der Waals surface area (Å²) in [6.07, 6.45) is 4.33. The van der Waals surface area contributed by atoms with Crippen molar-refractivity contribution in [3.8, 4) is 17.1 Å². The van der Waals surface area contributed by atoms with Crippen LogP contribution in [0.4, 0.5) is 4.79 Å². The van der Waals surface area contributed by atoms with Crippen molar-refractivity contribution in [1.82, 2.24) is 30.4 Å². The van der Waals surface area contributed by atoms with Gasteiger partial charge in [0.05, 0.1) is 5.75 Å². The van der Waals surface area contributed by atoms with Crippen molar-refractivity contribution in [3.05, 3.63) is 90.3 Å². The third kappa shape index (κ3) is 5.87. The summed E-state index contributed by atoms with van der Waals surface area (Å²) >= 11 is 1.21. The molecule has 172 valence electrons. The van der Waals surface area contributed by atoms with E-state index in [0.29, 0.717) is 17.5 Å². The number of carbonyl (C=O) groups is 2. The highest BCUT2D eigenvalue weighted by molar-refractivity contribution is 7.99. The third-order valence-corrected chi connectivity index (χ3v) is 5.98. The summed E-state index contributed by atoms with van der Waals surface area (Å²) in [7, 11) is 0. The first-order chi connectivity index (χ1) is 16.6. The second-order valence-corrected chi connectivity index (χ2v) is 8.35. The fraction of sp³-hybridized carbons (Fsp3) is 0.160. The SMILES string of the molecule is CCc1ccc(-n2c(SCC(=O)NC(=O)NCc3ccccc3)nnc2-c2ccncc2)cc1. The van der Waals surface area contributed by atoms with Crippen molar-refractivity contribution in [1.29, 1.82) is 0 Å². The first-order valence-corrected chi connectivity index (χ1v) is 11.8. The van der Waals surface area contributed by atoms with Gasteiger partial charge in [-0.2, -0.15) is 0 Å². The van der Waals surface area contributed by atoms with E-state index in [9.17, 15) is 9.59 Å². The number of amides is 3. The van der Waals surface area contributed by atoms with Crippen molar-refractivity contribution in [2.45, 2.75) is 25.0 Å². The van der Waals surface area contributed by atoms with Gasteiger partial charge in [0, 0.05) is 30.2 Å². The van der Waals surface area contributed by atoms with Gasteiger partial charge in [-0.05, 0) is 41.8 Å². The summed E-state index contributed by atoms with van der Waals surface area (Å²) in [5.74, 6) is 0.243. The van der Waals surface area contributed by atoms with E-state index in [-0.39, 0.29) is 5.75 Å². The van der Waals surface area contributed by atoms with Crippen LogP contribution in [0, 0.1) is 0 Å². The van der Waals surface area contributed by atoms with Crippen LogP contribution in [0.25, 0.3) is 17.1 Å². The number of benzene rings is 2. The van der Waals surface area contributed by atoms with E-state index >= 15 is 0 Å². The number of nitrogens with one attached hydrogen (secondary N) is 2. The Labute approximate surface area is 201 Å². The number of urea groups is 1. The molecule has 0 bridgehead atoms. The minimum atomic E-state index is -0.538. The third-order valence-electron chi connectivity index (χ3n) is 5.06. The van der Waals surface area contributed by atoms with E-state index in [1.807, 2.05) is 59.2 Å². The summed E-state index contributed by atoms with van der Waals surface area (Å²) in [5.41, 5.74) is 3.92. The Hall–Kier alpha value is -3.98. The minimum absolute atomic E-state index is 0.0142. The van der Waals surface area contributed by atoms with Gasteiger partial charge in [-0.25, -0.2) is 4.79 Å². The van der Waals surface area contributed by atoms with Crippen LogP contribution < -0.4 is 10.6 Å². The number of hydrogen-bond acceptors (Lipinski definition) is 6. The van der Waals surface area contributed by atoms with Crippen LogP contribution in [0.5, 0.6) is 0 Å². The molecule has 0 unspecified atom stereocenters. The maximum absolute atomic E-state index is 12.4. The molecule has 4 rings (SSSR count). The number of imide groups is 1. The monoisotopic (exact) mass is 472 g/mol. The van der Waals surface area contributed by atoms with E-state index in [1.54, 1.807) is 12.4 Å². The Morgan fingerprint density at radius 3 is 2.35 bits per heavy atom. The van der Waals surface area contributed by atoms with E-state index < -0.39 is 11.9 Å². The van der Waals surface area contributed by atoms with Crippen LogP contribution in [0.2, 0.25) is 0 Å². The highest BCUT2D eigenvalue weighted by Crippen LogP contribution is 2.27. The maximum atomic E-state index is 12.4. The number of pyridine rings is 1. The van der Waals surface area contributed by atoms with E-state index in [2.05, 4.69) is 44.9 Å². The summed E-state index contributed by atoms with van der Waals surface area (Å²) in [6.45, 7) is 2.44. The number of aromatic nitrogens is 4. The predicted molar refractivity (Wildman–Crippen MR) is 132 cm³/mol. The Morgan fingerprint density at radius 2 is 1.65 bits per heavy atom. The number of nitrogens with zero attached hydrogens (tertiary/aromatic N) is 4. The van der Waals surface area contributed by atoms with Gasteiger partial charge in [0.25, 0.3) is 0 Å². The summed E-state index contributed by atoms with van der Waals surface area (Å²) in [4.78, 5) is 28.5. The average molecular weight is 473 g/mol. The van der Waals surface area contributed by atoms with Crippen molar-refractivity contribution < 1.29 is 9.59 Å². The van der Waals surface area contributed by atoms with Gasteiger partial charge in [0.15, 0.2) is 11.0 Å². The minimum Gasteiger partial charge on any atom is -0.334 e. The first-order valence-electron chi connectivity index (χ1n) is 10.8. The quantitative estimate of drug-likeness (QED) is 0.376. The van der Waals surface area contributed by atoms with Crippen LogP contribution in [0.1, 0.15) is 18.1 Å². The molecule has 0 aliphatic heterocycles. The molecular formula is C25H24N6O2S. The number of rotatable bonds is 8. The normalized spacial score (nSPS) is 10.6. The standard InChI is InChI=1S/C25H24N6O2S/c1-2-18-8-10-21(11-9-18)31-23(20-12-14-26-15-13-20)29-30-25(31)34-17-22(32)28-24(33)27-16-19-6-4-3-5-7-19/h3-15H,2,16-17H2,1H3,(H2,27,28,32,33). The lowest BCUT2D eigenvalue weighted by molar-refractivity contribution is -0.117. The molecule has 2 heterocycles. The smallest absolute Gasteiger partial charge is 0.321 e. The van der Waals surface area contributed by atoms with Gasteiger partial charge in [-0.1, -0.05) is 61.2 Å². The first kappa shape index (κ1) is 23.2. The topological polar surface area (TPSA) is 102 Å². The highest BCUT2D eigenvalue weighted by atomic mass is 32.2. The summed E-state index contributed by atoms with van der Waals surface area (Å²) in [6, 6.07) is 20.8. The molecule has 4 aromatic rings. The van der Waals surface area contributed by atoms with E-state index in [1.165, 1.54) is 17.3 Å². The van der Waals surface area contributed by atoms with Gasteiger partial charge in [0.1, 0.15) is 0 Å². The van der Waals surface area contributed by atoms with Crippen molar-refractivity contribution in [2.24, 2.45) is 0 Å². The zero-order chi connectivity index (χ0) is 23.8. The molecule has 2 aromatic carbocycles. The Balaban J connectivity index is 1.45. The molecule has 0 saturated carbocycles. The molecule has 2 aromatic heterocycles. The van der Waals surface area contributed by atoms with E-state index in [0.717, 1.165) is 23.2 Å². The molecule has 9 heteroatoms. The molecule has 0 aliphatic rings.